The molecule has 0 spiro atoms. The van der Waals surface area contributed by atoms with Gasteiger partial charge in [-0.25, -0.2) is 0 Å². The van der Waals surface area contributed by atoms with Gasteiger partial charge in [-0.3, -0.25) is 0 Å². The second-order valence-electron chi connectivity index (χ2n) is 7.71. The maximum absolute atomic E-state index is 12.1. The van der Waals surface area contributed by atoms with Gasteiger partial charge in [-0.15, -0.1) is 0 Å². The zero-order valence-electron chi connectivity index (χ0n) is 15.9. The number of rotatable bonds is 3. The summed E-state index contributed by atoms with van der Waals surface area (Å²) in [4.78, 5) is 0. The van der Waals surface area contributed by atoms with Crippen LogP contribution in [0.3, 0.4) is 0 Å². The first kappa shape index (κ1) is 18.0. The second kappa shape index (κ2) is 7.30. The molecule has 1 aliphatic rings. The number of piperidine rings is 1. The number of hydrogen-bond donors (Lipinski definition) is 2. The van der Waals surface area contributed by atoms with Crippen LogP contribution in [0.25, 0.3) is 0 Å². The maximum Gasteiger partial charge on any atom is 0.0983 e. The molecule has 2 heteroatoms. The first-order chi connectivity index (χ1) is 13.1. The molecule has 0 bridgehead atoms. The van der Waals surface area contributed by atoms with E-state index in [2.05, 4.69) is 79.8 Å². The fourth-order valence-corrected chi connectivity index (χ4v) is 4.73. The lowest BCUT2D eigenvalue weighted by Crippen LogP contribution is -2.55. The van der Waals surface area contributed by atoms with Crippen molar-refractivity contribution in [3.05, 3.63) is 108 Å². The first-order valence-electron chi connectivity index (χ1n) is 9.76. The summed E-state index contributed by atoms with van der Waals surface area (Å²) in [6, 6.07) is 31.3. The molecule has 1 heterocycles. The summed E-state index contributed by atoms with van der Waals surface area (Å²) < 4.78 is 0. The van der Waals surface area contributed by atoms with Crippen LogP contribution >= 0.6 is 0 Å². The van der Waals surface area contributed by atoms with Crippen LogP contribution in [-0.4, -0.2) is 5.11 Å². The Hall–Kier alpha value is -2.42. The molecular formula is C25H27NO. The third kappa shape index (κ3) is 3.09. The van der Waals surface area contributed by atoms with Gasteiger partial charge in [-0.1, -0.05) is 105 Å². The molecule has 1 fully saturated rings. The smallest absolute Gasteiger partial charge is 0.0983 e. The van der Waals surface area contributed by atoms with Crippen LogP contribution in [0.5, 0.6) is 0 Å². The van der Waals surface area contributed by atoms with E-state index in [0.29, 0.717) is 0 Å². The average Bonchev–Trinajstić information content (AvgIpc) is 2.74. The highest BCUT2D eigenvalue weighted by atomic mass is 16.3. The van der Waals surface area contributed by atoms with Crippen LogP contribution in [0.1, 0.15) is 42.6 Å². The Morgan fingerprint density at radius 3 is 1.41 bits per heavy atom. The molecule has 0 saturated carbocycles. The molecule has 5 atom stereocenters. The Morgan fingerprint density at radius 2 is 1.00 bits per heavy atom. The quantitative estimate of drug-likeness (QED) is 0.672. The Morgan fingerprint density at radius 1 is 0.630 bits per heavy atom. The third-order valence-electron chi connectivity index (χ3n) is 6.30. The third-order valence-corrected chi connectivity index (χ3v) is 6.30. The van der Waals surface area contributed by atoms with E-state index in [9.17, 15) is 5.11 Å². The SMILES string of the molecule is C[C@@H]1[C@@H](c2ccccc2)N[C@@H](c2ccccc2)[C@@H](C)C1(O)c1ccccc1. The minimum absolute atomic E-state index is 0.0252. The van der Waals surface area contributed by atoms with Crippen LogP contribution in [0.15, 0.2) is 91.0 Å². The van der Waals surface area contributed by atoms with Gasteiger partial charge < -0.3 is 10.4 Å². The average molecular weight is 357 g/mol. The zero-order chi connectivity index (χ0) is 18.9. The highest BCUT2D eigenvalue weighted by Crippen LogP contribution is 2.51. The molecule has 0 aliphatic carbocycles. The lowest BCUT2D eigenvalue weighted by molar-refractivity contribution is -0.118. The molecule has 3 aromatic carbocycles. The lowest BCUT2D eigenvalue weighted by Gasteiger charge is -2.52. The van der Waals surface area contributed by atoms with Gasteiger partial charge in [0.05, 0.1) is 5.60 Å². The van der Waals surface area contributed by atoms with Crippen molar-refractivity contribution in [3.8, 4) is 0 Å². The molecule has 1 unspecified atom stereocenters. The molecular weight excluding hydrogens is 330 g/mol. The van der Waals surface area contributed by atoms with Gasteiger partial charge in [-0.05, 0) is 16.7 Å². The van der Waals surface area contributed by atoms with E-state index in [1.165, 1.54) is 11.1 Å². The van der Waals surface area contributed by atoms with Crippen LogP contribution in [0, 0.1) is 11.8 Å². The summed E-state index contributed by atoms with van der Waals surface area (Å²) in [5, 5.41) is 16.0. The highest BCUT2D eigenvalue weighted by Gasteiger charge is 2.52. The van der Waals surface area contributed by atoms with Gasteiger partial charge in [0.1, 0.15) is 0 Å². The van der Waals surface area contributed by atoms with Crippen molar-refractivity contribution in [2.24, 2.45) is 11.8 Å². The molecule has 0 aromatic heterocycles. The van der Waals surface area contributed by atoms with Crippen molar-refractivity contribution in [1.82, 2.24) is 5.32 Å². The Kier molecular flexibility index (Phi) is 4.86. The van der Waals surface area contributed by atoms with Crippen molar-refractivity contribution in [2.75, 3.05) is 0 Å². The predicted octanol–water partition coefficient (Wildman–Crippen LogP) is 5.23. The largest absolute Gasteiger partial charge is 0.384 e. The van der Waals surface area contributed by atoms with Gasteiger partial charge in [-0.2, -0.15) is 0 Å². The van der Waals surface area contributed by atoms with Gasteiger partial charge >= 0.3 is 0 Å². The fourth-order valence-electron chi connectivity index (χ4n) is 4.73. The highest BCUT2D eigenvalue weighted by molar-refractivity contribution is 5.33. The van der Waals surface area contributed by atoms with Crippen molar-refractivity contribution in [3.63, 3.8) is 0 Å². The minimum Gasteiger partial charge on any atom is -0.384 e. The molecule has 2 nitrogen and oxygen atoms in total. The number of nitrogens with one attached hydrogen (secondary N) is 1. The van der Waals surface area contributed by atoms with Crippen LogP contribution < -0.4 is 5.32 Å². The topological polar surface area (TPSA) is 32.3 Å². The van der Waals surface area contributed by atoms with E-state index in [0.717, 1.165) is 5.56 Å². The summed E-state index contributed by atoms with van der Waals surface area (Å²) in [5.41, 5.74) is 2.50. The summed E-state index contributed by atoms with van der Waals surface area (Å²) in [5.74, 6) is 0.0505. The fraction of sp³-hybridized carbons (Fsp3) is 0.280. The predicted molar refractivity (Wildman–Crippen MR) is 110 cm³/mol. The lowest BCUT2D eigenvalue weighted by atomic mass is 9.63. The maximum atomic E-state index is 12.1. The first-order valence-corrected chi connectivity index (χ1v) is 9.76. The molecule has 1 saturated heterocycles. The summed E-state index contributed by atoms with van der Waals surface area (Å²) >= 11 is 0. The van der Waals surface area contributed by atoms with Crippen molar-refractivity contribution in [2.45, 2.75) is 31.5 Å². The molecule has 3 aromatic rings. The van der Waals surface area contributed by atoms with Gasteiger partial charge in [0.25, 0.3) is 0 Å². The monoisotopic (exact) mass is 357 g/mol. The number of aliphatic hydroxyl groups is 1. The van der Waals surface area contributed by atoms with Crippen LogP contribution in [0.4, 0.5) is 0 Å². The second-order valence-corrected chi connectivity index (χ2v) is 7.71. The molecule has 27 heavy (non-hydrogen) atoms. The molecule has 1 aliphatic heterocycles. The standard InChI is InChI=1S/C25H27NO/c1-18-23(20-12-6-3-7-13-20)26-24(21-14-8-4-9-15-21)19(2)25(18,27)22-16-10-5-11-17-22/h3-19,23-24,26-27H,1-2H3/t18-,19-,23-,24+,25?/m1/s1. The Labute approximate surface area is 161 Å². The molecule has 138 valence electrons. The number of benzene rings is 3. The van der Waals surface area contributed by atoms with E-state index < -0.39 is 5.60 Å². The summed E-state index contributed by atoms with van der Waals surface area (Å²) in [6.45, 7) is 4.32. The number of hydrogen-bond acceptors (Lipinski definition) is 2. The van der Waals surface area contributed by atoms with E-state index in [1.807, 2.05) is 30.3 Å². The Balaban J connectivity index is 1.84. The molecule has 2 N–H and O–H groups in total. The van der Waals surface area contributed by atoms with E-state index in [-0.39, 0.29) is 23.9 Å². The van der Waals surface area contributed by atoms with E-state index in [1.54, 1.807) is 0 Å². The van der Waals surface area contributed by atoms with Crippen molar-refractivity contribution in [1.29, 1.82) is 0 Å². The van der Waals surface area contributed by atoms with Crippen LogP contribution in [-0.2, 0) is 5.60 Å². The molecule has 4 rings (SSSR count). The molecule has 0 radical (unpaired) electrons. The zero-order valence-corrected chi connectivity index (χ0v) is 15.9. The van der Waals surface area contributed by atoms with Gasteiger partial charge in [0.15, 0.2) is 0 Å². The van der Waals surface area contributed by atoms with Gasteiger partial charge in [0.2, 0.25) is 0 Å². The van der Waals surface area contributed by atoms with E-state index >= 15 is 0 Å². The summed E-state index contributed by atoms with van der Waals surface area (Å²) in [7, 11) is 0. The van der Waals surface area contributed by atoms with Gasteiger partial charge in [0, 0.05) is 23.9 Å². The Bertz CT molecular complexity index is 811. The van der Waals surface area contributed by atoms with Crippen molar-refractivity contribution < 1.29 is 5.11 Å². The summed E-state index contributed by atoms with van der Waals surface area (Å²) in [6.07, 6.45) is 0. The van der Waals surface area contributed by atoms with E-state index in [4.69, 9.17) is 0 Å². The minimum atomic E-state index is -0.923. The molecule has 0 amide bonds. The normalized spacial score (nSPS) is 30.8. The van der Waals surface area contributed by atoms with Crippen LogP contribution in [0.2, 0.25) is 0 Å². The van der Waals surface area contributed by atoms with Crippen molar-refractivity contribution >= 4 is 0 Å².